The molecule has 0 aromatic carbocycles. The molecule has 4 heteroatoms. The average Bonchev–Trinajstić information content (AvgIpc) is 2.61. The van der Waals surface area contributed by atoms with Crippen LogP contribution in [0, 0.1) is 0 Å². The van der Waals surface area contributed by atoms with Crippen molar-refractivity contribution in [1.29, 1.82) is 0 Å². The second-order valence-corrected chi connectivity index (χ2v) is 4.49. The Morgan fingerprint density at radius 1 is 1.53 bits per heavy atom. The molecule has 0 aliphatic carbocycles. The summed E-state index contributed by atoms with van der Waals surface area (Å²) in [5, 5.41) is 7.96. The number of hydrogen-bond acceptors (Lipinski definition) is 3. The van der Waals surface area contributed by atoms with Gasteiger partial charge in [0.15, 0.2) is 0 Å². The predicted octanol–water partition coefficient (Wildman–Crippen LogP) is 0.405. The molecule has 1 aromatic rings. The van der Waals surface area contributed by atoms with Crippen LogP contribution < -0.4 is 5.32 Å². The van der Waals surface area contributed by atoms with Gasteiger partial charge in [-0.2, -0.15) is 5.10 Å². The van der Waals surface area contributed by atoms with Crippen molar-refractivity contribution in [2.45, 2.75) is 25.9 Å². The minimum atomic E-state index is 0.619. The van der Waals surface area contributed by atoms with Gasteiger partial charge in [-0.15, -0.1) is 0 Å². The third-order valence-corrected chi connectivity index (χ3v) is 3.58. The Labute approximate surface area is 90.3 Å². The van der Waals surface area contributed by atoms with Crippen molar-refractivity contribution in [3.63, 3.8) is 0 Å². The first-order valence-corrected chi connectivity index (χ1v) is 5.87. The maximum Gasteiger partial charge on any atom is 0.0776 e. The van der Waals surface area contributed by atoms with Gasteiger partial charge in [-0.05, 0) is 25.1 Å². The van der Waals surface area contributed by atoms with Crippen LogP contribution in [-0.2, 0) is 13.0 Å². The van der Waals surface area contributed by atoms with Crippen LogP contribution >= 0.6 is 0 Å². The van der Waals surface area contributed by atoms with Crippen LogP contribution in [0.1, 0.15) is 24.2 Å². The number of hydrogen-bond donors (Lipinski definition) is 1. The van der Waals surface area contributed by atoms with Gasteiger partial charge in [0.25, 0.3) is 0 Å². The van der Waals surface area contributed by atoms with E-state index in [4.69, 9.17) is 0 Å². The van der Waals surface area contributed by atoms with E-state index >= 15 is 0 Å². The summed E-state index contributed by atoms with van der Waals surface area (Å²) in [6, 6.07) is 0.619. The molecule has 0 amide bonds. The van der Waals surface area contributed by atoms with E-state index in [1.165, 1.54) is 24.3 Å². The van der Waals surface area contributed by atoms with Gasteiger partial charge >= 0.3 is 0 Å². The molecule has 2 aliphatic heterocycles. The zero-order chi connectivity index (χ0) is 10.3. The second kappa shape index (κ2) is 3.61. The molecule has 3 heterocycles. The fraction of sp³-hybridized carbons (Fsp3) is 0.727. The highest BCUT2D eigenvalue weighted by Crippen LogP contribution is 2.24. The highest BCUT2D eigenvalue weighted by Gasteiger charge is 2.30. The third-order valence-electron chi connectivity index (χ3n) is 3.58. The number of fused-ring (bicyclic) bond motifs is 1. The molecule has 0 spiro atoms. The predicted molar refractivity (Wildman–Crippen MR) is 58.8 cm³/mol. The van der Waals surface area contributed by atoms with E-state index in [9.17, 15) is 0 Å². The van der Waals surface area contributed by atoms with Gasteiger partial charge in [-0.3, -0.25) is 9.58 Å². The van der Waals surface area contributed by atoms with E-state index in [-0.39, 0.29) is 0 Å². The van der Waals surface area contributed by atoms with Gasteiger partial charge in [-0.25, -0.2) is 0 Å². The summed E-state index contributed by atoms with van der Waals surface area (Å²) >= 11 is 0. The summed E-state index contributed by atoms with van der Waals surface area (Å²) in [7, 11) is 0. The summed E-state index contributed by atoms with van der Waals surface area (Å²) in [4.78, 5) is 2.45. The lowest BCUT2D eigenvalue weighted by molar-refractivity contribution is 0.103. The van der Waals surface area contributed by atoms with Crippen LogP contribution in [0.2, 0.25) is 0 Å². The van der Waals surface area contributed by atoms with Crippen molar-refractivity contribution in [2.24, 2.45) is 0 Å². The molecule has 82 valence electrons. The van der Waals surface area contributed by atoms with Gasteiger partial charge in [0.2, 0.25) is 0 Å². The normalized spacial score (nSPS) is 22.5. The largest absolute Gasteiger partial charge is 0.311 e. The Hall–Kier alpha value is -0.870. The lowest BCUT2D eigenvalue weighted by Crippen LogP contribution is -2.48. The van der Waals surface area contributed by atoms with Crippen molar-refractivity contribution >= 4 is 0 Å². The topological polar surface area (TPSA) is 33.1 Å². The van der Waals surface area contributed by atoms with E-state index in [1.807, 2.05) is 0 Å². The van der Waals surface area contributed by atoms with Crippen molar-refractivity contribution in [3.05, 3.63) is 17.5 Å². The fourth-order valence-electron chi connectivity index (χ4n) is 2.53. The van der Waals surface area contributed by atoms with Crippen molar-refractivity contribution in [1.82, 2.24) is 20.0 Å². The second-order valence-electron chi connectivity index (χ2n) is 4.49. The molecule has 2 aliphatic rings. The first kappa shape index (κ1) is 9.36. The minimum Gasteiger partial charge on any atom is -0.311 e. The Balaban J connectivity index is 1.78. The molecule has 3 rings (SSSR count). The quantitative estimate of drug-likeness (QED) is 0.760. The number of aromatic nitrogens is 2. The van der Waals surface area contributed by atoms with Crippen molar-refractivity contribution in [2.75, 3.05) is 26.2 Å². The van der Waals surface area contributed by atoms with E-state index in [0.717, 1.165) is 26.1 Å². The number of nitrogens with one attached hydrogen (secondary N) is 1. The molecule has 0 atom stereocenters. The number of likely N-dealkylation sites (N-methyl/N-ethyl adjacent to an activating group) is 1. The van der Waals surface area contributed by atoms with E-state index in [1.54, 1.807) is 0 Å². The van der Waals surface area contributed by atoms with Gasteiger partial charge in [-0.1, -0.05) is 6.92 Å². The van der Waals surface area contributed by atoms with Crippen molar-refractivity contribution < 1.29 is 0 Å². The van der Waals surface area contributed by atoms with E-state index < -0.39 is 0 Å². The zero-order valence-electron chi connectivity index (χ0n) is 9.24. The minimum absolute atomic E-state index is 0.619. The Kier molecular flexibility index (Phi) is 2.25. The summed E-state index contributed by atoms with van der Waals surface area (Å²) in [6.07, 6.45) is 3.20. The number of nitrogens with zero attached hydrogens (tertiary/aromatic N) is 3. The average molecular weight is 206 g/mol. The molecule has 0 bridgehead atoms. The molecular formula is C11H18N4. The van der Waals surface area contributed by atoms with Crippen LogP contribution in [0.5, 0.6) is 0 Å². The van der Waals surface area contributed by atoms with Gasteiger partial charge in [0, 0.05) is 19.6 Å². The summed E-state index contributed by atoms with van der Waals surface area (Å²) in [5.41, 5.74) is 2.87. The van der Waals surface area contributed by atoms with Gasteiger partial charge in [0.05, 0.1) is 17.9 Å². The van der Waals surface area contributed by atoms with Crippen LogP contribution in [0.4, 0.5) is 0 Å². The van der Waals surface area contributed by atoms with Gasteiger partial charge in [0.1, 0.15) is 0 Å². The molecule has 1 N–H and O–H groups in total. The molecule has 4 nitrogen and oxygen atoms in total. The first-order chi connectivity index (χ1) is 7.38. The molecule has 1 saturated heterocycles. The molecule has 1 fully saturated rings. The van der Waals surface area contributed by atoms with Crippen molar-refractivity contribution in [3.8, 4) is 0 Å². The lowest BCUT2D eigenvalue weighted by atomic mass is 10.1. The molecule has 0 radical (unpaired) electrons. The molecule has 0 saturated carbocycles. The highest BCUT2D eigenvalue weighted by atomic mass is 15.4. The number of likely N-dealkylation sites (tertiary alicyclic amines) is 1. The maximum absolute atomic E-state index is 4.54. The smallest absolute Gasteiger partial charge is 0.0776 e. The van der Waals surface area contributed by atoms with Crippen LogP contribution in [0.25, 0.3) is 0 Å². The maximum atomic E-state index is 4.54. The summed E-state index contributed by atoms with van der Waals surface area (Å²) in [6.45, 7) is 7.83. The Morgan fingerprint density at radius 3 is 3.20 bits per heavy atom. The standard InChI is InChI=1S/C11H18N4/c1-2-14-7-10(8-14)15-11-6-12-4-3-9(11)5-13-15/h5,10,12H,2-4,6-8H2,1H3. The molecule has 1 aromatic heterocycles. The summed E-state index contributed by atoms with van der Waals surface area (Å²) < 4.78 is 2.24. The third kappa shape index (κ3) is 1.48. The number of rotatable bonds is 2. The molecule has 15 heavy (non-hydrogen) atoms. The lowest BCUT2D eigenvalue weighted by Gasteiger charge is -2.39. The molecular weight excluding hydrogens is 188 g/mol. The first-order valence-electron chi connectivity index (χ1n) is 5.87. The summed E-state index contributed by atoms with van der Waals surface area (Å²) in [5.74, 6) is 0. The van der Waals surface area contributed by atoms with Crippen LogP contribution in [0.15, 0.2) is 6.20 Å². The Bertz CT molecular complexity index is 351. The highest BCUT2D eigenvalue weighted by molar-refractivity contribution is 5.21. The van der Waals surface area contributed by atoms with Gasteiger partial charge < -0.3 is 5.32 Å². The fourth-order valence-corrected chi connectivity index (χ4v) is 2.53. The monoisotopic (exact) mass is 206 g/mol. The van der Waals surface area contributed by atoms with Crippen LogP contribution in [-0.4, -0.2) is 40.9 Å². The Morgan fingerprint density at radius 2 is 2.40 bits per heavy atom. The van der Waals surface area contributed by atoms with Crippen LogP contribution in [0.3, 0.4) is 0 Å². The van der Waals surface area contributed by atoms with E-state index in [2.05, 4.69) is 33.1 Å². The van der Waals surface area contributed by atoms with E-state index in [0.29, 0.717) is 6.04 Å². The SMILES string of the molecule is CCN1CC(n2ncc3c2CNCC3)C1. The zero-order valence-corrected chi connectivity index (χ0v) is 9.24. The molecule has 0 unspecified atom stereocenters.